The van der Waals surface area contributed by atoms with E-state index >= 15 is 0 Å². The number of hydrogen-bond acceptors (Lipinski definition) is 5. The lowest BCUT2D eigenvalue weighted by Crippen LogP contribution is -2.44. The van der Waals surface area contributed by atoms with Crippen molar-refractivity contribution in [2.45, 2.75) is 37.1 Å². The molecule has 1 aromatic carbocycles. The van der Waals surface area contributed by atoms with Crippen LogP contribution >= 0.6 is 0 Å². The maximum absolute atomic E-state index is 13.0. The molecule has 1 aliphatic rings. The van der Waals surface area contributed by atoms with E-state index in [9.17, 15) is 13.5 Å². The van der Waals surface area contributed by atoms with Crippen LogP contribution in [0.25, 0.3) is 11.3 Å². The first kappa shape index (κ1) is 18.0. The van der Waals surface area contributed by atoms with E-state index in [0.29, 0.717) is 31.7 Å². The average Bonchev–Trinajstić information content (AvgIpc) is 3.14. The minimum absolute atomic E-state index is 0.00977. The van der Waals surface area contributed by atoms with E-state index in [2.05, 4.69) is 4.98 Å². The Morgan fingerprint density at radius 3 is 2.72 bits per heavy atom. The highest BCUT2D eigenvalue weighted by atomic mass is 32.2. The number of pyridine rings is 1. The van der Waals surface area contributed by atoms with Crippen molar-refractivity contribution in [3.05, 3.63) is 48.5 Å². The van der Waals surface area contributed by atoms with E-state index in [-0.39, 0.29) is 5.03 Å². The molecule has 6 nitrogen and oxygen atoms in total. The number of rotatable bonds is 6. The normalized spacial score (nSPS) is 19.8. The Bertz CT molecular complexity index is 811. The quantitative estimate of drug-likeness (QED) is 0.798. The zero-order valence-electron chi connectivity index (χ0n) is 14.1. The summed E-state index contributed by atoms with van der Waals surface area (Å²) in [6.07, 6.45) is 0.130. The van der Waals surface area contributed by atoms with Crippen LogP contribution in [0.1, 0.15) is 19.8 Å². The molecule has 0 spiro atoms. The van der Waals surface area contributed by atoms with Crippen molar-refractivity contribution < 1.29 is 18.3 Å². The van der Waals surface area contributed by atoms with Crippen molar-refractivity contribution in [2.75, 3.05) is 13.2 Å². The molecular formula is C18H22N2O4S. The zero-order valence-corrected chi connectivity index (χ0v) is 14.9. The third-order valence-corrected chi connectivity index (χ3v) is 6.11. The van der Waals surface area contributed by atoms with Gasteiger partial charge in [-0.25, -0.2) is 13.4 Å². The van der Waals surface area contributed by atoms with Crippen LogP contribution in [0.3, 0.4) is 0 Å². The van der Waals surface area contributed by atoms with Gasteiger partial charge in [0, 0.05) is 18.7 Å². The highest BCUT2D eigenvalue weighted by Gasteiger charge is 2.40. The second-order valence-corrected chi connectivity index (χ2v) is 7.74. The maximum atomic E-state index is 13.0. The fraction of sp³-hybridized carbons (Fsp3) is 0.389. The van der Waals surface area contributed by atoms with Gasteiger partial charge in [0.05, 0.1) is 11.7 Å². The Labute approximate surface area is 148 Å². The SMILES string of the molecule is CCO[C@H](O)[C@H]1CCCN1S(=O)(=O)c1cccc(-c2ccccc2)n1. The zero-order chi connectivity index (χ0) is 17.9. The molecule has 1 saturated heterocycles. The van der Waals surface area contributed by atoms with E-state index in [4.69, 9.17) is 4.74 Å². The maximum Gasteiger partial charge on any atom is 0.260 e. The van der Waals surface area contributed by atoms with Crippen molar-refractivity contribution >= 4 is 10.0 Å². The third-order valence-electron chi connectivity index (χ3n) is 4.28. The summed E-state index contributed by atoms with van der Waals surface area (Å²) in [5, 5.41) is 10.1. The molecule has 25 heavy (non-hydrogen) atoms. The van der Waals surface area contributed by atoms with Gasteiger partial charge in [-0.05, 0) is 31.9 Å². The molecule has 0 saturated carbocycles. The summed E-state index contributed by atoms with van der Waals surface area (Å²) in [4.78, 5) is 4.35. The number of aliphatic hydroxyl groups excluding tert-OH is 1. The van der Waals surface area contributed by atoms with Gasteiger partial charge in [0.1, 0.15) is 0 Å². The van der Waals surface area contributed by atoms with Crippen LogP contribution in [0.15, 0.2) is 53.6 Å². The predicted octanol–water partition coefficient (Wildman–Crippen LogP) is 2.26. The summed E-state index contributed by atoms with van der Waals surface area (Å²) in [5.74, 6) is 0. The minimum Gasteiger partial charge on any atom is -0.367 e. The molecule has 1 aromatic heterocycles. The molecule has 0 unspecified atom stereocenters. The molecule has 0 bridgehead atoms. The first-order valence-corrected chi connectivity index (χ1v) is 9.82. The van der Waals surface area contributed by atoms with E-state index in [1.807, 2.05) is 30.3 Å². The second-order valence-electron chi connectivity index (χ2n) is 5.90. The lowest BCUT2D eigenvalue weighted by atomic mass is 10.1. The average molecular weight is 362 g/mol. The van der Waals surface area contributed by atoms with Gasteiger partial charge in [-0.2, -0.15) is 4.31 Å². The monoisotopic (exact) mass is 362 g/mol. The van der Waals surface area contributed by atoms with Crippen LogP contribution in [0.5, 0.6) is 0 Å². The first-order chi connectivity index (χ1) is 12.0. The van der Waals surface area contributed by atoms with Crippen molar-refractivity contribution in [3.8, 4) is 11.3 Å². The molecule has 1 aliphatic heterocycles. The van der Waals surface area contributed by atoms with Gasteiger partial charge in [-0.15, -0.1) is 0 Å². The molecule has 134 valence electrons. The summed E-state index contributed by atoms with van der Waals surface area (Å²) in [7, 11) is -3.80. The van der Waals surface area contributed by atoms with Gasteiger partial charge in [-0.3, -0.25) is 0 Å². The van der Waals surface area contributed by atoms with Crippen LogP contribution in [0.4, 0.5) is 0 Å². The molecule has 0 radical (unpaired) electrons. The number of aromatic nitrogens is 1. The molecule has 3 rings (SSSR count). The van der Waals surface area contributed by atoms with Crippen LogP contribution in [-0.2, 0) is 14.8 Å². The number of aliphatic hydroxyl groups is 1. The number of sulfonamides is 1. The summed E-state index contributed by atoms with van der Waals surface area (Å²) in [6.45, 7) is 2.45. The molecule has 0 amide bonds. The Hall–Kier alpha value is -1.80. The smallest absolute Gasteiger partial charge is 0.260 e. The highest BCUT2D eigenvalue weighted by molar-refractivity contribution is 7.89. The Balaban J connectivity index is 1.92. The molecule has 1 N–H and O–H groups in total. The molecule has 2 atom stereocenters. The summed E-state index contributed by atoms with van der Waals surface area (Å²) in [6, 6.07) is 13.8. The van der Waals surface area contributed by atoms with Gasteiger partial charge >= 0.3 is 0 Å². The van der Waals surface area contributed by atoms with E-state index in [1.165, 1.54) is 10.4 Å². The number of hydrogen-bond donors (Lipinski definition) is 1. The number of nitrogens with zero attached hydrogens (tertiary/aromatic N) is 2. The molecule has 0 aliphatic carbocycles. The van der Waals surface area contributed by atoms with E-state index in [1.54, 1.807) is 19.1 Å². The van der Waals surface area contributed by atoms with Gasteiger partial charge in [0.2, 0.25) is 0 Å². The van der Waals surface area contributed by atoms with E-state index in [0.717, 1.165) is 5.56 Å². The van der Waals surface area contributed by atoms with Crippen molar-refractivity contribution in [2.24, 2.45) is 0 Å². The summed E-state index contributed by atoms with van der Waals surface area (Å²) in [5.41, 5.74) is 1.45. The second kappa shape index (κ2) is 7.61. The van der Waals surface area contributed by atoms with Gasteiger partial charge in [-0.1, -0.05) is 36.4 Å². The summed E-state index contributed by atoms with van der Waals surface area (Å²) >= 11 is 0. The van der Waals surface area contributed by atoms with Crippen molar-refractivity contribution in [1.82, 2.24) is 9.29 Å². The molecule has 1 fully saturated rings. The fourth-order valence-electron chi connectivity index (χ4n) is 3.08. The van der Waals surface area contributed by atoms with E-state index < -0.39 is 22.4 Å². The minimum atomic E-state index is -3.80. The first-order valence-electron chi connectivity index (χ1n) is 8.38. The van der Waals surface area contributed by atoms with Gasteiger partial charge in [0.25, 0.3) is 10.0 Å². The largest absolute Gasteiger partial charge is 0.367 e. The number of ether oxygens (including phenoxy) is 1. The van der Waals surface area contributed by atoms with Crippen molar-refractivity contribution in [1.29, 1.82) is 0 Å². The molecule has 7 heteroatoms. The Kier molecular flexibility index (Phi) is 5.48. The Morgan fingerprint density at radius 1 is 1.24 bits per heavy atom. The molecule has 2 aromatic rings. The van der Waals surface area contributed by atoms with Gasteiger partial charge in [0.15, 0.2) is 11.3 Å². The third kappa shape index (κ3) is 3.74. The Morgan fingerprint density at radius 2 is 2.00 bits per heavy atom. The van der Waals surface area contributed by atoms with Crippen molar-refractivity contribution in [3.63, 3.8) is 0 Å². The summed E-state index contributed by atoms with van der Waals surface area (Å²) < 4.78 is 32.6. The standard InChI is InChI=1S/C18H22N2O4S/c1-2-24-18(21)16-11-7-13-20(16)25(22,23)17-12-6-10-15(19-17)14-8-4-3-5-9-14/h3-6,8-10,12,16,18,21H,2,7,11,13H2,1H3/t16-,18+/m1/s1. The van der Waals surface area contributed by atoms with Crippen LogP contribution in [0.2, 0.25) is 0 Å². The molecule has 2 heterocycles. The highest BCUT2D eigenvalue weighted by Crippen LogP contribution is 2.28. The molecular weight excluding hydrogens is 340 g/mol. The predicted molar refractivity (Wildman–Crippen MR) is 94.2 cm³/mol. The topological polar surface area (TPSA) is 79.7 Å². The lowest BCUT2D eigenvalue weighted by Gasteiger charge is -2.27. The number of benzene rings is 1. The van der Waals surface area contributed by atoms with Gasteiger partial charge < -0.3 is 9.84 Å². The van der Waals surface area contributed by atoms with Crippen LogP contribution in [-0.4, -0.2) is 48.3 Å². The fourth-order valence-corrected chi connectivity index (χ4v) is 4.72. The van der Waals surface area contributed by atoms with Crippen LogP contribution in [0, 0.1) is 0 Å². The van der Waals surface area contributed by atoms with Crippen LogP contribution < -0.4 is 0 Å². The lowest BCUT2D eigenvalue weighted by molar-refractivity contribution is -0.123.